The number of carbonyl (C=O) groups is 1. The van der Waals surface area contributed by atoms with E-state index in [2.05, 4.69) is 9.99 Å². The Hall–Kier alpha value is -1.82. The largest absolute Gasteiger partial charge is 0.341 e. The molecule has 4 nitrogen and oxygen atoms in total. The van der Waals surface area contributed by atoms with Crippen LogP contribution in [-0.4, -0.2) is 10.5 Å². The molecule has 0 radical (unpaired) electrons. The van der Waals surface area contributed by atoms with Gasteiger partial charge in [-0.15, -0.1) is 11.3 Å². The number of para-hydroxylation sites is 1. The molecule has 6 heteroatoms. The molecule has 3 aromatic rings. The van der Waals surface area contributed by atoms with E-state index in [0.717, 1.165) is 20.8 Å². The maximum Gasteiger partial charge on any atom is 0.275 e. The van der Waals surface area contributed by atoms with Crippen molar-refractivity contribution in [2.24, 2.45) is 5.84 Å². The lowest BCUT2D eigenvalue weighted by molar-refractivity contribution is 0.0957. The fraction of sp³-hybridized carbons (Fsp3) is 0.0714. The molecular weight excluding hydrogens is 294 g/mol. The van der Waals surface area contributed by atoms with Crippen molar-refractivity contribution in [1.82, 2.24) is 9.99 Å². The number of thiophene rings is 1. The molecule has 0 saturated carbocycles. The average Bonchev–Trinajstić information content (AvgIpc) is 3.07. The first kappa shape index (κ1) is 13.2. The van der Waals surface area contributed by atoms with Crippen LogP contribution in [0.1, 0.15) is 14.5 Å². The van der Waals surface area contributed by atoms with E-state index < -0.39 is 0 Å². The molecule has 0 saturated heterocycles. The summed E-state index contributed by atoms with van der Waals surface area (Å²) in [6.07, 6.45) is 2.00. The van der Waals surface area contributed by atoms with Gasteiger partial charge in [-0.3, -0.25) is 10.2 Å². The van der Waals surface area contributed by atoms with Crippen LogP contribution in [0.3, 0.4) is 0 Å². The van der Waals surface area contributed by atoms with E-state index in [-0.39, 0.29) is 5.91 Å². The normalized spacial score (nSPS) is 10.9. The summed E-state index contributed by atoms with van der Waals surface area (Å²) in [6.45, 7) is 0.676. The number of halogens is 1. The van der Waals surface area contributed by atoms with E-state index in [1.165, 1.54) is 11.3 Å². The van der Waals surface area contributed by atoms with Gasteiger partial charge >= 0.3 is 0 Å². The molecule has 20 heavy (non-hydrogen) atoms. The van der Waals surface area contributed by atoms with Crippen LogP contribution in [0.15, 0.2) is 42.6 Å². The van der Waals surface area contributed by atoms with Gasteiger partial charge in [0.1, 0.15) is 0 Å². The number of hydrogen-bond acceptors (Lipinski definition) is 3. The van der Waals surface area contributed by atoms with Gasteiger partial charge in [-0.1, -0.05) is 23.7 Å². The minimum atomic E-state index is -0.267. The van der Waals surface area contributed by atoms with Gasteiger partial charge in [0.25, 0.3) is 5.91 Å². The van der Waals surface area contributed by atoms with Crippen LogP contribution in [0.25, 0.3) is 10.9 Å². The maximum atomic E-state index is 11.4. The molecule has 2 heterocycles. The third-order valence-electron chi connectivity index (χ3n) is 3.08. The third kappa shape index (κ3) is 2.31. The number of benzene rings is 1. The lowest BCUT2D eigenvalue weighted by atomic mass is 10.2. The van der Waals surface area contributed by atoms with Crippen molar-refractivity contribution >= 4 is 39.7 Å². The van der Waals surface area contributed by atoms with Crippen molar-refractivity contribution in [3.63, 3.8) is 0 Å². The number of nitrogens with two attached hydrogens (primary N) is 1. The van der Waals surface area contributed by atoms with Gasteiger partial charge in [-0.05, 0) is 24.3 Å². The molecule has 0 fully saturated rings. The van der Waals surface area contributed by atoms with Crippen molar-refractivity contribution in [1.29, 1.82) is 0 Å². The summed E-state index contributed by atoms with van der Waals surface area (Å²) in [7, 11) is 0. The molecule has 3 N–H and O–H groups in total. The van der Waals surface area contributed by atoms with Crippen molar-refractivity contribution in [3.05, 3.63) is 57.4 Å². The SMILES string of the molecule is NNC(=O)c1ccc(Cn2ccc3cccc(Cl)c32)s1. The summed E-state index contributed by atoms with van der Waals surface area (Å²) in [5.41, 5.74) is 3.14. The second-order valence-electron chi connectivity index (χ2n) is 4.36. The summed E-state index contributed by atoms with van der Waals surface area (Å²) < 4.78 is 2.08. The number of fused-ring (bicyclic) bond motifs is 1. The minimum Gasteiger partial charge on any atom is -0.341 e. The molecule has 0 aliphatic heterocycles. The lowest BCUT2D eigenvalue weighted by Gasteiger charge is -2.04. The van der Waals surface area contributed by atoms with Gasteiger partial charge in [0.2, 0.25) is 0 Å². The summed E-state index contributed by atoms with van der Waals surface area (Å²) >= 11 is 7.67. The van der Waals surface area contributed by atoms with Gasteiger partial charge in [-0.25, -0.2) is 5.84 Å². The zero-order valence-electron chi connectivity index (χ0n) is 10.5. The number of carbonyl (C=O) groups excluding carboxylic acids is 1. The number of nitrogen functional groups attached to an aromatic ring is 1. The smallest absolute Gasteiger partial charge is 0.275 e. The molecular formula is C14H12ClN3OS. The summed E-state index contributed by atoms with van der Waals surface area (Å²) in [5.74, 6) is 4.86. The molecule has 1 amide bonds. The van der Waals surface area contributed by atoms with Crippen molar-refractivity contribution in [2.75, 3.05) is 0 Å². The molecule has 0 atom stereocenters. The standard InChI is InChI=1S/C14H12ClN3OS/c15-11-3-1-2-9-6-7-18(13(9)11)8-10-4-5-12(20-10)14(19)17-16/h1-7H,8,16H2,(H,17,19). The van der Waals surface area contributed by atoms with E-state index in [1.807, 2.05) is 36.5 Å². The van der Waals surface area contributed by atoms with Gasteiger partial charge < -0.3 is 4.57 Å². The van der Waals surface area contributed by atoms with Crippen molar-refractivity contribution in [3.8, 4) is 0 Å². The number of hydrogen-bond donors (Lipinski definition) is 2. The molecule has 1 aromatic carbocycles. The van der Waals surface area contributed by atoms with Crippen LogP contribution >= 0.6 is 22.9 Å². The van der Waals surface area contributed by atoms with Gasteiger partial charge in [-0.2, -0.15) is 0 Å². The fourth-order valence-electron chi connectivity index (χ4n) is 2.17. The van der Waals surface area contributed by atoms with Crippen LogP contribution in [0, 0.1) is 0 Å². The number of amides is 1. The van der Waals surface area contributed by atoms with Crippen LogP contribution in [0.4, 0.5) is 0 Å². The van der Waals surface area contributed by atoms with E-state index >= 15 is 0 Å². The van der Waals surface area contributed by atoms with E-state index in [9.17, 15) is 4.79 Å². The van der Waals surface area contributed by atoms with E-state index in [0.29, 0.717) is 11.4 Å². The molecule has 3 rings (SSSR count). The van der Waals surface area contributed by atoms with Gasteiger partial charge in [0.15, 0.2) is 0 Å². The molecule has 102 valence electrons. The Balaban J connectivity index is 1.93. The van der Waals surface area contributed by atoms with Crippen molar-refractivity contribution < 1.29 is 4.79 Å². The number of hydrazine groups is 1. The predicted molar refractivity (Wildman–Crippen MR) is 82.0 cm³/mol. The quantitative estimate of drug-likeness (QED) is 0.444. The Morgan fingerprint density at radius 3 is 2.95 bits per heavy atom. The second-order valence-corrected chi connectivity index (χ2v) is 5.94. The monoisotopic (exact) mass is 305 g/mol. The first-order chi connectivity index (χ1) is 9.69. The third-order valence-corrected chi connectivity index (χ3v) is 4.46. The highest BCUT2D eigenvalue weighted by Gasteiger charge is 2.10. The molecule has 0 bridgehead atoms. The summed E-state index contributed by atoms with van der Waals surface area (Å²) in [4.78, 5) is 13.1. The number of aromatic nitrogens is 1. The number of nitrogens with zero attached hydrogens (tertiary/aromatic N) is 1. The van der Waals surface area contributed by atoms with Crippen LogP contribution < -0.4 is 11.3 Å². The zero-order valence-corrected chi connectivity index (χ0v) is 12.0. The highest BCUT2D eigenvalue weighted by molar-refractivity contribution is 7.14. The van der Waals surface area contributed by atoms with Crippen LogP contribution in [0.5, 0.6) is 0 Å². The lowest BCUT2D eigenvalue weighted by Crippen LogP contribution is -2.29. The molecule has 0 aliphatic rings. The first-order valence-electron chi connectivity index (χ1n) is 6.02. The van der Waals surface area contributed by atoms with Crippen molar-refractivity contribution in [2.45, 2.75) is 6.54 Å². The highest BCUT2D eigenvalue weighted by Crippen LogP contribution is 2.26. The van der Waals surface area contributed by atoms with E-state index in [4.69, 9.17) is 17.4 Å². The topological polar surface area (TPSA) is 60.0 Å². The molecule has 0 aliphatic carbocycles. The molecule has 0 spiro atoms. The average molecular weight is 306 g/mol. The molecule has 2 aromatic heterocycles. The Labute approximate surface area is 124 Å². The Kier molecular flexibility index (Phi) is 3.48. The fourth-order valence-corrected chi connectivity index (χ4v) is 3.37. The predicted octanol–water partition coefficient (Wildman–Crippen LogP) is 3.01. The number of rotatable bonds is 3. The van der Waals surface area contributed by atoms with Gasteiger partial charge in [0, 0.05) is 16.5 Å². The summed E-state index contributed by atoms with van der Waals surface area (Å²) in [6, 6.07) is 11.6. The number of nitrogens with one attached hydrogen (secondary N) is 1. The Morgan fingerprint density at radius 1 is 1.30 bits per heavy atom. The highest BCUT2D eigenvalue weighted by atomic mass is 35.5. The zero-order chi connectivity index (χ0) is 14.1. The van der Waals surface area contributed by atoms with E-state index in [1.54, 1.807) is 6.07 Å². The maximum absolute atomic E-state index is 11.4. The Morgan fingerprint density at radius 2 is 2.15 bits per heavy atom. The first-order valence-corrected chi connectivity index (χ1v) is 7.21. The minimum absolute atomic E-state index is 0.267. The van der Waals surface area contributed by atoms with Crippen LogP contribution in [0.2, 0.25) is 5.02 Å². The van der Waals surface area contributed by atoms with Crippen LogP contribution in [-0.2, 0) is 6.54 Å². The van der Waals surface area contributed by atoms with Gasteiger partial charge in [0.05, 0.1) is 22.0 Å². The summed E-state index contributed by atoms with van der Waals surface area (Å²) in [5, 5.41) is 1.83. The second kappa shape index (κ2) is 5.28. The molecule has 0 unspecified atom stereocenters. The Bertz CT molecular complexity index is 778.